The lowest BCUT2D eigenvalue weighted by Crippen LogP contribution is -2.28. The van der Waals surface area contributed by atoms with Crippen molar-refractivity contribution in [2.45, 2.75) is 44.9 Å². The van der Waals surface area contributed by atoms with Gasteiger partial charge in [0, 0.05) is 24.7 Å². The van der Waals surface area contributed by atoms with Crippen molar-refractivity contribution < 1.29 is 5.11 Å². The standard InChI is InChI=1S/C15H23ClN2O/c1-15(19)5-2-7-18(8-6-15)11-13-4-3-12(10-17)9-14(13)16/h3-4,9,19H,2,5-8,10-11,17H2,1H3. The monoisotopic (exact) mass is 282 g/mol. The molecule has 1 aromatic carbocycles. The van der Waals surface area contributed by atoms with Crippen molar-refractivity contribution in [2.24, 2.45) is 5.73 Å². The normalized spacial score (nSPS) is 25.3. The first kappa shape index (κ1) is 14.8. The van der Waals surface area contributed by atoms with Gasteiger partial charge in [0.1, 0.15) is 0 Å². The second-order valence-electron chi connectivity index (χ2n) is 5.76. The zero-order valence-electron chi connectivity index (χ0n) is 11.5. The number of hydrogen-bond acceptors (Lipinski definition) is 3. The van der Waals surface area contributed by atoms with Crippen molar-refractivity contribution in [3.05, 3.63) is 34.3 Å². The first-order valence-electron chi connectivity index (χ1n) is 6.92. The highest BCUT2D eigenvalue weighted by molar-refractivity contribution is 6.31. The van der Waals surface area contributed by atoms with E-state index < -0.39 is 5.60 Å². The Bertz CT molecular complexity index is 434. The molecule has 2 rings (SSSR count). The Morgan fingerprint density at radius 2 is 2.16 bits per heavy atom. The Balaban J connectivity index is 2.01. The molecule has 3 N–H and O–H groups in total. The molecule has 1 saturated heterocycles. The van der Waals surface area contributed by atoms with E-state index >= 15 is 0 Å². The van der Waals surface area contributed by atoms with E-state index in [1.165, 1.54) is 0 Å². The van der Waals surface area contributed by atoms with Crippen molar-refractivity contribution >= 4 is 11.6 Å². The molecule has 0 spiro atoms. The lowest BCUT2D eigenvalue weighted by Gasteiger charge is -2.23. The third-order valence-corrected chi connectivity index (χ3v) is 4.26. The minimum atomic E-state index is -0.512. The van der Waals surface area contributed by atoms with Crippen LogP contribution in [-0.2, 0) is 13.1 Å². The molecule has 0 amide bonds. The van der Waals surface area contributed by atoms with Crippen LogP contribution in [0.3, 0.4) is 0 Å². The number of likely N-dealkylation sites (tertiary alicyclic amines) is 1. The smallest absolute Gasteiger partial charge is 0.0632 e. The SMILES string of the molecule is CC1(O)CCCN(Cc2ccc(CN)cc2Cl)CC1. The zero-order valence-corrected chi connectivity index (χ0v) is 12.3. The molecular weight excluding hydrogens is 260 g/mol. The van der Waals surface area contributed by atoms with Crippen LogP contribution in [-0.4, -0.2) is 28.7 Å². The van der Waals surface area contributed by atoms with Crippen LogP contribution in [0.2, 0.25) is 5.02 Å². The van der Waals surface area contributed by atoms with Crippen LogP contribution in [0.15, 0.2) is 18.2 Å². The van der Waals surface area contributed by atoms with Crippen molar-refractivity contribution in [1.29, 1.82) is 0 Å². The molecular formula is C15H23ClN2O. The van der Waals surface area contributed by atoms with Crippen LogP contribution in [0.1, 0.15) is 37.3 Å². The van der Waals surface area contributed by atoms with Gasteiger partial charge in [0.15, 0.2) is 0 Å². The van der Waals surface area contributed by atoms with E-state index in [1.54, 1.807) is 0 Å². The van der Waals surface area contributed by atoms with Gasteiger partial charge in [-0.2, -0.15) is 0 Å². The van der Waals surface area contributed by atoms with Crippen LogP contribution in [0.5, 0.6) is 0 Å². The number of halogens is 1. The molecule has 0 aliphatic carbocycles. The van der Waals surface area contributed by atoms with Gasteiger partial charge in [0.2, 0.25) is 0 Å². The van der Waals surface area contributed by atoms with E-state index in [0.29, 0.717) is 6.54 Å². The van der Waals surface area contributed by atoms with E-state index in [-0.39, 0.29) is 0 Å². The molecule has 3 nitrogen and oxygen atoms in total. The highest BCUT2D eigenvalue weighted by atomic mass is 35.5. The van der Waals surface area contributed by atoms with E-state index in [9.17, 15) is 5.11 Å². The summed E-state index contributed by atoms with van der Waals surface area (Å²) in [6, 6.07) is 6.05. The fourth-order valence-electron chi connectivity index (χ4n) is 2.56. The molecule has 4 heteroatoms. The molecule has 1 aromatic rings. The Morgan fingerprint density at radius 1 is 1.37 bits per heavy atom. The Hall–Kier alpha value is -0.610. The fraction of sp³-hybridized carbons (Fsp3) is 0.600. The Kier molecular flexibility index (Phi) is 4.85. The number of benzene rings is 1. The van der Waals surface area contributed by atoms with Crippen molar-refractivity contribution in [3.8, 4) is 0 Å². The third kappa shape index (κ3) is 4.18. The average Bonchev–Trinajstić information content (AvgIpc) is 2.53. The van der Waals surface area contributed by atoms with Gasteiger partial charge in [-0.05, 0) is 49.9 Å². The molecule has 19 heavy (non-hydrogen) atoms. The zero-order chi connectivity index (χ0) is 13.9. The van der Waals surface area contributed by atoms with Gasteiger partial charge in [0.25, 0.3) is 0 Å². The second-order valence-corrected chi connectivity index (χ2v) is 6.16. The van der Waals surface area contributed by atoms with Gasteiger partial charge in [-0.15, -0.1) is 0 Å². The Labute approximate surface area is 120 Å². The van der Waals surface area contributed by atoms with Gasteiger partial charge >= 0.3 is 0 Å². The van der Waals surface area contributed by atoms with Crippen LogP contribution in [0.4, 0.5) is 0 Å². The maximum atomic E-state index is 10.1. The van der Waals surface area contributed by atoms with Crippen LogP contribution in [0.25, 0.3) is 0 Å². The minimum Gasteiger partial charge on any atom is -0.390 e. The molecule has 106 valence electrons. The molecule has 0 radical (unpaired) electrons. The minimum absolute atomic E-state index is 0.512. The van der Waals surface area contributed by atoms with E-state index in [1.807, 2.05) is 19.1 Å². The van der Waals surface area contributed by atoms with Gasteiger partial charge in [0.05, 0.1) is 5.60 Å². The molecule has 1 atom stereocenters. The van der Waals surface area contributed by atoms with E-state index in [0.717, 1.165) is 55.0 Å². The molecule has 1 heterocycles. The average molecular weight is 283 g/mol. The van der Waals surface area contributed by atoms with Crippen molar-refractivity contribution in [2.75, 3.05) is 13.1 Å². The maximum absolute atomic E-state index is 10.1. The van der Waals surface area contributed by atoms with Gasteiger partial charge in [-0.1, -0.05) is 23.7 Å². The summed E-state index contributed by atoms with van der Waals surface area (Å²) in [5.41, 5.74) is 7.30. The quantitative estimate of drug-likeness (QED) is 0.896. The van der Waals surface area contributed by atoms with Crippen LogP contribution < -0.4 is 5.73 Å². The number of hydrogen-bond donors (Lipinski definition) is 2. The predicted molar refractivity (Wildman–Crippen MR) is 79.1 cm³/mol. The number of rotatable bonds is 3. The summed E-state index contributed by atoms with van der Waals surface area (Å²) in [6.07, 6.45) is 2.74. The van der Waals surface area contributed by atoms with Crippen LogP contribution in [0, 0.1) is 0 Å². The molecule has 0 saturated carbocycles. The van der Waals surface area contributed by atoms with E-state index in [4.69, 9.17) is 17.3 Å². The molecule has 0 bridgehead atoms. The first-order chi connectivity index (χ1) is 9.00. The lowest BCUT2D eigenvalue weighted by molar-refractivity contribution is 0.0444. The molecule has 0 aromatic heterocycles. The molecule has 1 fully saturated rings. The summed E-state index contributed by atoms with van der Waals surface area (Å²) in [5, 5.41) is 10.9. The maximum Gasteiger partial charge on any atom is 0.0632 e. The summed E-state index contributed by atoms with van der Waals surface area (Å²) in [7, 11) is 0. The first-order valence-corrected chi connectivity index (χ1v) is 7.30. The molecule has 1 unspecified atom stereocenters. The van der Waals surface area contributed by atoms with E-state index in [2.05, 4.69) is 11.0 Å². The molecule has 1 aliphatic rings. The van der Waals surface area contributed by atoms with Gasteiger partial charge in [-0.25, -0.2) is 0 Å². The highest BCUT2D eigenvalue weighted by Crippen LogP contribution is 2.24. The third-order valence-electron chi connectivity index (χ3n) is 3.90. The topological polar surface area (TPSA) is 49.5 Å². The number of nitrogens with two attached hydrogens (primary N) is 1. The largest absolute Gasteiger partial charge is 0.390 e. The lowest BCUT2D eigenvalue weighted by atomic mass is 9.98. The predicted octanol–water partition coefficient (Wildman–Crippen LogP) is 2.54. The van der Waals surface area contributed by atoms with Gasteiger partial charge in [-0.3, -0.25) is 4.90 Å². The fourth-order valence-corrected chi connectivity index (χ4v) is 2.83. The summed E-state index contributed by atoms with van der Waals surface area (Å²) < 4.78 is 0. The summed E-state index contributed by atoms with van der Waals surface area (Å²) in [6.45, 7) is 5.24. The van der Waals surface area contributed by atoms with Gasteiger partial charge < -0.3 is 10.8 Å². The van der Waals surface area contributed by atoms with Crippen LogP contribution >= 0.6 is 11.6 Å². The number of aliphatic hydroxyl groups is 1. The highest BCUT2D eigenvalue weighted by Gasteiger charge is 2.25. The molecule has 1 aliphatic heterocycles. The summed E-state index contributed by atoms with van der Waals surface area (Å²) >= 11 is 6.29. The summed E-state index contributed by atoms with van der Waals surface area (Å²) in [4.78, 5) is 2.37. The van der Waals surface area contributed by atoms with Crippen molar-refractivity contribution in [3.63, 3.8) is 0 Å². The summed E-state index contributed by atoms with van der Waals surface area (Å²) in [5.74, 6) is 0. The number of nitrogens with zero attached hydrogens (tertiary/aromatic N) is 1. The van der Waals surface area contributed by atoms with Crippen molar-refractivity contribution in [1.82, 2.24) is 4.90 Å². The second kappa shape index (κ2) is 6.23. The Morgan fingerprint density at radius 3 is 2.84 bits per heavy atom.